The van der Waals surface area contributed by atoms with E-state index in [0.29, 0.717) is 17.5 Å². The molecule has 1 saturated heterocycles. The lowest BCUT2D eigenvalue weighted by Crippen LogP contribution is -2.37. The Hall–Kier alpha value is -1.55. The number of hydrogen-bond donors (Lipinski definition) is 0. The highest BCUT2D eigenvalue weighted by atomic mass is 16.5. The van der Waals surface area contributed by atoms with E-state index in [0.717, 1.165) is 23.8 Å². The lowest BCUT2D eigenvalue weighted by atomic mass is 9.87. The van der Waals surface area contributed by atoms with Gasteiger partial charge in [0.05, 0.1) is 11.9 Å². The van der Waals surface area contributed by atoms with Gasteiger partial charge in [-0.25, -0.2) is 0 Å². The van der Waals surface area contributed by atoms with Crippen LogP contribution in [0.15, 0.2) is 27.5 Å². The lowest BCUT2D eigenvalue weighted by molar-refractivity contribution is 0.135. The molecule has 1 aliphatic heterocycles. The lowest BCUT2D eigenvalue weighted by Gasteiger charge is -2.35. The third kappa shape index (κ3) is 4.06. The Morgan fingerprint density at radius 1 is 1.04 bits per heavy atom. The summed E-state index contributed by atoms with van der Waals surface area (Å²) in [4.78, 5) is 15.2. The quantitative estimate of drug-likeness (QED) is 0.787. The van der Waals surface area contributed by atoms with Crippen molar-refractivity contribution in [3.63, 3.8) is 0 Å². The first-order valence-corrected chi connectivity index (χ1v) is 10.5. The average molecular weight is 357 g/mol. The van der Waals surface area contributed by atoms with Gasteiger partial charge in [-0.1, -0.05) is 30.9 Å². The van der Waals surface area contributed by atoms with Crippen LogP contribution in [0.3, 0.4) is 0 Å². The van der Waals surface area contributed by atoms with E-state index in [1.54, 1.807) is 4.74 Å². The van der Waals surface area contributed by atoms with E-state index in [9.17, 15) is 4.79 Å². The minimum atomic E-state index is 0.0263. The van der Waals surface area contributed by atoms with Gasteiger partial charge in [-0.15, -0.1) is 0 Å². The van der Waals surface area contributed by atoms with Gasteiger partial charge in [0.2, 0.25) is 0 Å². The summed E-state index contributed by atoms with van der Waals surface area (Å²) in [6, 6.07) is 5.84. The maximum atomic E-state index is 12.5. The van der Waals surface area contributed by atoms with Crippen molar-refractivity contribution in [1.29, 1.82) is 0 Å². The zero-order valence-corrected chi connectivity index (χ0v) is 16.1. The summed E-state index contributed by atoms with van der Waals surface area (Å²) in [7, 11) is 0. The number of aromatic nitrogens is 1. The first-order chi connectivity index (χ1) is 12.7. The van der Waals surface area contributed by atoms with Crippen LogP contribution in [0, 0.1) is 18.8 Å². The monoisotopic (exact) mass is 356 g/mol. The van der Waals surface area contributed by atoms with E-state index in [-0.39, 0.29) is 5.56 Å². The van der Waals surface area contributed by atoms with E-state index >= 15 is 0 Å². The molecule has 2 fully saturated rings. The van der Waals surface area contributed by atoms with Gasteiger partial charge in [-0.3, -0.25) is 4.79 Å². The van der Waals surface area contributed by atoms with Crippen LogP contribution in [0.25, 0.3) is 11.0 Å². The summed E-state index contributed by atoms with van der Waals surface area (Å²) in [6.45, 7) is 6.50. The molecular formula is C22H32N2O2. The van der Waals surface area contributed by atoms with Crippen LogP contribution in [0.4, 0.5) is 0 Å². The molecule has 142 valence electrons. The third-order valence-corrected chi connectivity index (χ3v) is 6.49. The molecule has 4 nitrogen and oxygen atoms in total. The zero-order chi connectivity index (χ0) is 17.9. The molecule has 2 aliphatic rings. The van der Waals surface area contributed by atoms with Gasteiger partial charge < -0.3 is 9.42 Å². The number of piperidine rings is 1. The number of benzene rings is 1. The molecule has 26 heavy (non-hydrogen) atoms. The van der Waals surface area contributed by atoms with Crippen molar-refractivity contribution in [2.24, 2.45) is 11.8 Å². The van der Waals surface area contributed by atoms with Gasteiger partial charge in [0.1, 0.15) is 0 Å². The van der Waals surface area contributed by atoms with Gasteiger partial charge in [-0.2, -0.15) is 4.74 Å². The molecule has 1 aromatic carbocycles. The van der Waals surface area contributed by atoms with Gasteiger partial charge >= 0.3 is 0 Å². The molecular weight excluding hydrogens is 324 g/mol. The molecule has 0 radical (unpaired) electrons. The molecule has 2 aromatic rings. The molecule has 1 saturated carbocycles. The van der Waals surface area contributed by atoms with E-state index in [4.69, 9.17) is 4.52 Å². The molecule has 0 amide bonds. The van der Waals surface area contributed by atoms with Crippen LogP contribution in [0.2, 0.25) is 0 Å². The number of likely N-dealkylation sites (tertiary alicyclic amines) is 1. The molecule has 2 heterocycles. The largest absolute Gasteiger partial charge is 0.376 e. The summed E-state index contributed by atoms with van der Waals surface area (Å²) >= 11 is 0. The van der Waals surface area contributed by atoms with Gasteiger partial charge in [0.25, 0.3) is 5.56 Å². The number of fused-ring (bicyclic) bond motifs is 1. The van der Waals surface area contributed by atoms with Crippen LogP contribution in [-0.2, 0) is 6.54 Å². The second kappa shape index (κ2) is 7.99. The van der Waals surface area contributed by atoms with Crippen molar-refractivity contribution in [1.82, 2.24) is 9.64 Å². The number of hydrogen-bond acceptors (Lipinski definition) is 3. The van der Waals surface area contributed by atoms with Gasteiger partial charge in [-0.05, 0) is 76.1 Å². The van der Waals surface area contributed by atoms with Crippen LogP contribution in [-0.4, -0.2) is 29.3 Å². The highest BCUT2D eigenvalue weighted by molar-refractivity contribution is 5.76. The van der Waals surface area contributed by atoms with E-state index < -0.39 is 0 Å². The molecule has 4 heteroatoms. The van der Waals surface area contributed by atoms with Crippen molar-refractivity contribution in [3.8, 4) is 0 Å². The molecule has 0 spiro atoms. The van der Waals surface area contributed by atoms with Crippen molar-refractivity contribution < 1.29 is 4.52 Å². The Morgan fingerprint density at radius 2 is 1.81 bits per heavy atom. The predicted octanol–water partition coefficient (Wildman–Crippen LogP) is 4.59. The molecule has 0 unspecified atom stereocenters. The third-order valence-electron chi connectivity index (χ3n) is 6.49. The van der Waals surface area contributed by atoms with Crippen LogP contribution in [0.5, 0.6) is 0 Å². The number of aryl methyl sites for hydroxylation is 2. The smallest absolute Gasteiger partial charge is 0.290 e. The number of rotatable bonds is 5. The minimum absolute atomic E-state index is 0.0263. The Labute approximate surface area is 156 Å². The fourth-order valence-corrected chi connectivity index (χ4v) is 4.82. The maximum absolute atomic E-state index is 12.5. The summed E-state index contributed by atoms with van der Waals surface area (Å²) in [5.41, 5.74) is 1.84. The Bertz CT molecular complexity index is 777. The molecule has 1 aliphatic carbocycles. The molecule has 0 bridgehead atoms. The first kappa shape index (κ1) is 17.8. The predicted molar refractivity (Wildman–Crippen MR) is 106 cm³/mol. The molecule has 0 atom stereocenters. The SMILES string of the molecule is Cc1ccc2on(CCC3CCN(CC4CCCCC4)CC3)c(=O)c2c1. The van der Waals surface area contributed by atoms with Crippen molar-refractivity contribution in [2.45, 2.75) is 64.8 Å². The normalized spacial score (nSPS) is 20.8. The standard InChI is InChI=1S/C22H32N2O2/c1-17-7-8-21-20(15-17)22(25)24(26-21)14-11-18-9-12-23(13-10-18)16-19-5-3-2-4-6-19/h7-8,15,18-19H,2-6,9-14,16H2,1H3. The van der Waals surface area contributed by atoms with E-state index in [2.05, 4.69) is 4.90 Å². The van der Waals surface area contributed by atoms with Crippen LogP contribution < -0.4 is 5.56 Å². The van der Waals surface area contributed by atoms with Crippen LogP contribution >= 0.6 is 0 Å². The summed E-state index contributed by atoms with van der Waals surface area (Å²) in [5.74, 6) is 1.66. The second-order valence-electron chi connectivity index (χ2n) is 8.53. The highest BCUT2D eigenvalue weighted by Gasteiger charge is 2.23. The topological polar surface area (TPSA) is 38.4 Å². The van der Waals surface area contributed by atoms with Crippen molar-refractivity contribution >= 4 is 11.0 Å². The van der Waals surface area contributed by atoms with Gasteiger partial charge in [0, 0.05) is 6.54 Å². The van der Waals surface area contributed by atoms with Crippen molar-refractivity contribution in [3.05, 3.63) is 34.1 Å². The highest BCUT2D eigenvalue weighted by Crippen LogP contribution is 2.27. The summed E-state index contributed by atoms with van der Waals surface area (Å²) in [5, 5.41) is 0.715. The average Bonchev–Trinajstić information content (AvgIpc) is 2.98. The van der Waals surface area contributed by atoms with Gasteiger partial charge in [0.15, 0.2) is 5.58 Å². The van der Waals surface area contributed by atoms with Crippen LogP contribution in [0.1, 0.15) is 56.9 Å². The number of nitrogens with zero attached hydrogens (tertiary/aromatic N) is 2. The Balaban J connectivity index is 1.27. The maximum Gasteiger partial charge on any atom is 0.290 e. The summed E-state index contributed by atoms with van der Waals surface area (Å²) in [6.07, 6.45) is 10.8. The van der Waals surface area contributed by atoms with E-state index in [1.165, 1.54) is 64.6 Å². The minimum Gasteiger partial charge on any atom is -0.376 e. The molecule has 4 rings (SSSR count). The first-order valence-electron chi connectivity index (χ1n) is 10.5. The Morgan fingerprint density at radius 3 is 2.58 bits per heavy atom. The zero-order valence-electron chi connectivity index (χ0n) is 16.1. The fraction of sp³-hybridized carbons (Fsp3) is 0.682. The molecule has 0 N–H and O–H groups in total. The summed E-state index contributed by atoms with van der Waals surface area (Å²) < 4.78 is 7.33. The van der Waals surface area contributed by atoms with E-state index in [1.807, 2.05) is 25.1 Å². The second-order valence-corrected chi connectivity index (χ2v) is 8.53. The molecule has 1 aromatic heterocycles. The van der Waals surface area contributed by atoms with Crippen molar-refractivity contribution in [2.75, 3.05) is 19.6 Å². The Kier molecular flexibility index (Phi) is 5.49. The fourth-order valence-electron chi connectivity index (χ4n) is 4.82.